The van der Waals surface area contributed by atoms with Gasteiger partial charge in [0.1, 0.15) is 12.1 Å². The number of nitro benzene ring substituents is 2. The minimum atomic E-state index is -0.691. The Bertz CT molecular complexity index is 3050. The van der Waals surface area contributed by atoms with Gasteiger partial charge in [-0.15, -0.1) is 0 Å². The van der Waals surface area contributed by atoms with E-state index in [-0.39, 0.29) is 69.0 Å². The molecule has 2 N–H and O–H groups in total. The van der Waals surface area contributed by atoms with Gasteiger partial charge < -0.3 is 30.2 Å². The van der Waals surface area contributed by atoms with Gasteiger partial charge in [-0.2, -0.15) is 0 Å². The van der Waals surface area contributed by atoms with E-state index < -0.39 is 33.7 Å². The lowest BCUT2D eigenvalue weighted by Crippen LogP contribution is -2.58. The third-order valence-corrected chi connectivity index (χ3v) is 14.8. The van der Waals surface area contributed by atoms with Crippen molar-refractivity contribution in [2.45, 2.75) is 61.4 Å². The zero-order chi connectivity index (χ0) is 54.9. The zero-order valence-electron chi connectivity index (χ0n) is 43.7. The normalized spacial score (nSPS) is 15.8. The average Bonchev–Trinajstić information content (AvgIpc) is 3.48. The van der Waals surface area contributed by atoms with Crippen LogP contribution < -0.4 is 20.4 Å². The number of rotatable bonds is 16. The number of amides is 4. The molecular weight excluding hydrogens is 997 g/mol. The molecule has 0 aliphatic carbocycles. The fourth-order valence-electron chi connectivity index (χ4n) is 9.71. The summed E-state index contributed by atoms with van der Waals surface area (Å²) in [4.78, 5) is 95.9. The minimum Gasteiger partial charge on any atom is -0.336 e. The molecule has 2 fully saturated rings. The Morgan fingerprint density at radius 3 is 1.38 bits per heavy atom. The van der Waals surface area contributed by atoms with Crippen molar-refractivity contribution in [1.82, 2.24) is 30.4 Å². The second kappa shape index (κ2) is 24.5. The number of likely N-dealkylation sites (N-methyl/N-ethyl adjacent to an activating group) is 2. The van der Waals surface area contributed by atoms with Crippen LogP contribution in [-0.4, -0.2) is 119 Å². The number of nitro groups is 2. The molecule has 2 aliphatic heterocycles. The largest absolute Gasteiger partial charge is 0.336 e. The summed E-state index contributed by atoms with van der Waals surface area (Å²) >= 11 is 0.887. The summed E-state index contributed by atoms with van der Waals surface area (Å²) in [5.41, 5.74) is 4.52. The number of aromatic nitrogens is 2. The van der Waals surface area contributed by atoms with Crippen molar-refractivity contribution in [3.8, 4) is 22.3 Å². The van der Waals surface area contributed by atoms with Gasteiger partial charge in [0.2, 0.25) is 23.6 Å². The third-order valence-electron chi connectivity index (χ3n) is 13.7. The van der Waals surface area contributed by atoms with Gasteiger partial charge in [0.05, 0.1) is 54.5 Å². The Hall–Kier alpha value is -8.39. The van der Waals surface area contributed by atoms with E-state index in [1.807, 2.05) is 52.0 Å². The highest BCUT2D eigenvalue weighted by Crippen LogP contribution is 2.50. The van der Waals surface area contributed by atoms with Crippen LogP contribution in [0.4, 0.5) is 22.7 Å². The predicted molar refractivity (Wildman–Crippen MR) is 299 cm³/mol. The first-order valence-corrected chi connectivity index (χ1v) is 26.1. The van der Waals surface area contributed by atoms with Gasteiger partial charge in [-0.05, 0) is 93.8 Å². The van der Waals surface area contributed by atoms with E-state index in [4.69, 9.17) is 0 Å². The molecule has 77 heavy (non-hydrogen) atoms. The second-order valence-corrected chi connectivity index (χ2v) is 20.4. The molecule has 2 aromatic heterocycles. The van der Waals surface area contributed by atoms with Crippen molar-refractivity contribution in [2.24, 2.45) is 0 Å². The number of nitrogens with zero attached hydrogens (tertiary/aromatic N) is 8. The number of nitrogens with one attached hydrogen (secondary N) is 2. The molecule has 2 saturated heterocycles. The summed E-state index contributed by atoms with van der Waals surface area (Å²) in [7, 11) is 3.30. The van der Waals surface area contributed by atoms with Gasteiger partial charge in [-0.3, -0.25) is 49.4 Å². The third kappa shape index (κ3) is 12.3. The monoisotopic (exact) mass is 1060 g/mol. The molecule has 0 spiro atoms. The molecule has 2 aliphatic rings. The molecule has 8 rings (SSSR count). The van der Waals surface area contributed by atoms with E-state index in [0.717, 1.165) is 22.9 Å². The van der Waals surface area contributed by atoms with Gasteiger partial charge in [0.25, 0.3) is 11.4 Å². The molecule has 396 valence electrons. The smallest absolute Gasteiger partial charge is 0.291 e. The Kier molecular flexibility index (Phi) is 17.5. The summed E-state index contributed by atoms with van der Waals surface area (Å²) in [6.45, 7) is 9.44. The maximum Gasteiger partial charge on any atom is 0.291 e. The first-order valence-electron chi connectivity index (χ1n) is 25.3. The Morgan fingerprint density at radius 2 is 1.01 bits per heavy atom. The molecule has 4 amide bonds. The number of benzene rings is 4. The van der Waals surface area contributed by atoms with Crippen LogP contribution in [0.5, 0.6) is 0 Å². The fourth-order valence-corrected chi connectivity index (χ4v) is 10.8. The first kappa shape index (κ1) is 54.9. The number of anilines is 2. The topological polar surface area (TPSA) is 217 Å². The van der Waals surface area contributed by atoms with E-state index in [1.54, 1.807) is 134 Å². The number of pyridine rings is 2. The SMILES string of the molecule is CC(C)c1ccccc1-c1c(C=CC(=O)N2CCNC(C(=O)N(C)c3cccnc3)C2)ccc(Sc2ccc(C=CC(=O)N3CCNC(C(=O)N(C)c4cccnc4)C3)c(-c3ccccc3C(C)C)c2[N+](=O)[O-])c1[N+](=O)[O-]. The number of hydrogen-bond donors (Lipinski definition) is 2. The Labute approximate surface area is 451 Å². The highest BCUT2D eigenvalue weighted by molar-refractivity contribution is 7.99. The quantitative estimate of drug-likeness (QED) is 0.0526. The molecule has 4 aromatic carbocycles. The first-order chi connectivity index (χ1) is 37.0. The molecule has 19 heteroatoms. The van der Waals surface area contributed by atoms with Crippen molar-refractivity contribution in [3.63, 3.8) is 0 Å². The van der Waals surface area contributed by atoms with E-state index in [0.29, 0.717) is 59.8 Å². The molecule has 6 aromatic rings. The van der Waals surface area contributed by atoms with E-state index in [9.17, 15) is 39.4 Å². The van der Waals surface area contributed by atoms with Crippen molar-refractivity contribution < 1.29 is 29.0 Å². The Morgan fingerprint density at radius 1 is 0.610 bits per heavy atom. The van der Waals surface area contributed by atoms with Gasteiger partial charge in [-0.1, -0.05) is 100 Å². The molecule has 0 bridgehead atoms. The van der Waals surface area contributed by atoms with Crippen LogP contribution in [0.15, 0.2) is 144 Å². The van der Waals surface area contributed by atoms with Gasteiger partial charge in [-0.25, -0.2) is 0 Å². The van der Waals surface area contributed by atoms with E-state index >= 15 is 0 Å². The lowest BCUT2D eigenvalue weighted by molar-refractivity contribution is -0.387. The highest BCUT2D eigenvalue weighted by Gasteiger charge is 2.34. The molecule has 4 heterocycles. The number of carbonyl (C=O) groups is 4. The predicted octanol–water partition coefficient (Wildman–Crippen LogP) is 8.98. The van der Waals surface area contributed by atoms with Crippen LogP contribution in [0.2, 0.25) is 0 Å². The van der Waals surface area contributed by atoms with Crippen LogP contribution in [-0.2, 0) is 19.2 Å². The summed E-state index contributed by atoms with van der Waals surface area (Å²) in [6, 6.07) is 26.7. The Balaban J connectivity index is 1.16. The van der Waals surface area contributed by atoms with Gasteiger partial charge >= 0.3 is 0 Å². The maximum atomic E-state index is 14.0. The van der Waals surface area contributed by atoms with Gasteiger partial charge in [0, 0.05) is 77.9 Å². The second-order valence-electron chi connectivity index (χ2n) is 19.3. The van der Waals surface area contributed by atoms with Gasteiger partial charge in [0.15, 0.2) is 0 Å². The number of hydrogen-bond acceptors (Lipinski definition) is 13. The highest BCUT2D eigenvalue weighted by atomic mass is 32.2. The van der Waals surface area contributed by atoms with Crippen LogP contribution in [0, 0.1) is 20.2 Å². The van der Waals surface area contributed by atoms with Crippen molar-refractivity contribution in [2.75, 3.05) is 63.2 Å². The van der Waals surface area contributed by atoms with Crippen molar-refractivity contribution in [1.29, 1.82) is 0 Å². The molecule has 0 saturated carbocycles. The molecule has 2 unspecified atom stereocenters. The van der Waals surface area contributed by atoms with Crippen LogP contribution in [0.25, 0.3) is 34.4 Å². The number of piperazine rings is 2. The van der Waals surface area contributed by atoms with Crippen LogP contribution in [0.3, 0.4) is 0 Å². The van der Waals surface area contributed by atoms with Crippen LogP contribution in [0.1, 0.15) is 61.8 Å². The molecule has 18 nitrogen and oxygen atoms in total. The molecule has 0 radical (unpaired) electrons. The zero-order valence-corrected chi connectivity index (χ0v) is 44.5. The van der Waals surface area contributed by atoms with Crippen molar-refractivity contribution in [3.05, 3.63) is 176 Å². The fraction of sp³-hybridized carbons (Fsp3) is 0.276. The summed E-state index contributed by atoms with van der Waals surface area (Å²) in [5.74, 6) is -1.42. The summed E-state index contributed by atoms with van der Waals surface area (Å²) in [6.07, 6.45) is 12.2. The average molecular weight is 1060 g/mol. The molecular formula is C58H60N10O8S. The minimum absolute atomic E-state index is 0.0764. The summed E-state index contributed by atoms with van der Waals surface area (Å²) < 4.78 is 0. The lowest BCUT2D eigenvalue weighted by atomic mass is 9.89. The summed E-state index contributed by atoms with van der Waals surface area (Å²) in [5, 5.41) is 33.7. The maximum absolute atomic E-state index is 14.0. The molecule has 2 atom stereocenters. The van der Waals surface area contributed by atoms with Crippen LogP contribution >= 0.6 is 11.8 Å². The van der Waals surface area contributed by atoms with E-state index in [2.05, 4.69) is 20.6 Å². The standard InChI is InChI=1S/C58H60N10O8S/c1-37(2)43-15-7-9-17-45(43)53-39(21-25-51(69)65-31-29-61-47(35-65)57(71)63(5)41-13-11-27-59-33-41)19-23-49(55(53)67(73)74)77-50-24-20-40(54(56(50)68(75)76)46-18-10-8-16-44(46)38(3)4)22-26-52(70)66-32-30-62-48(36-66)58(72)64(6)42-14-12-28-60-34-42/h7-28,33-34,37-38,47-48,61-62H,29-32,35-36H2,1-6H3. The number of carbonyl (C=O) groups excluding carboxylic acids is 4. The van der Waals surface area contributed by atoms with E-state index in [1.165, 1.54) is 22.0 Å². The van der Waals surface area contributed by atoms with Crippen molar-refractivity contribution >= 4 is 70.3 Å². The lowest BCUT2D eigenvalue weighted by Gasteiger charge is -2.34.